The maximum Gasteiger partial charge on any atom is 0.123 e. The number of benzene rings is 2. The van der Waals surface area contributed by atoms with Gasteiger partial charge in [0, 0.05) is 15.5 Å². The first-order valence-electron chi connectivity index (χ1n) is 5.09. The number of para-hydroxylation sites is 1. The summed E-state index contributed by atoms with van der Waals surface area (Å²) in [6.45, 7) is 0.582. The van der Waals surface area contributed by atoms with E-state index >= 15 is 0 Å². The van der Waals surface area contributed by atoms with Crippen molar-refractivity contribution in [2.45, 2.75) is 6.54 Å². The molecule has 2 rings (SSSR count). The minimum Gasteiger partial charge on any atom is -0.379 e. The van der Waals surface area contributed by atoms with Crippen molar-refractivity contribution in [2.24, 2.45) is 0 Å². The standard InChI is InChI=1S/C13H10Br2FN/c14-11-5-2-6-12(15)13(11)17-8-9-3-1-4-10(16)7-9/h1-7,17H,8H2. The molecule has 0 saturated heterocycles. The van der Waals surface area contributed by atoms with Crippen LogP contribution < -0.4 is 5.32 Å². The summed E-state index contributed by atoms with van der Waals surface area (Å²) in [4.78, 5) is 0. The zero-order chi connectivity index (χ0) is 12.3. The normalized spacial score (nSPS) is 10.3. The lowest BCUT2D eigenvalue weighted by molar-refractivity contribution is 0.626. The minimum atomic E-state index is -0.213. The van der Waals surface area contributed by atoms with E-state index in [2.05, 4.69) is 37.2 Å². The Morgan fingerprint density at radius 2 is 1.65 bits per heavy atom. The van der Waals surface area contributed by atoms with Gasteiger partial charge in [0.25, 0.3) is 0 Å². The Labute approximate surface area is 116 Å². The van der Waals surface area contributed by atoms with Gasteiger partial charge in [-0.15, -0.1) is 0 Å². The van der Waals surface area contributed by atoms with Crippen LogP contribution in [0.15, 0.2) is 51.4 Å². The molecule has 0 aromatic heterocycles. The minimum absolute atomic E-state index is 0.213. The van der Waals surface area contributed by atoms with Gasteiger partial charge in [-0.25, -0.2) is 4.39 Å². The molecule has 0 heterocycles. The molecule has 0 aliphatic heterocycles. The van der Waals surface area contributed by atoms with Gasteiger partial charge in [0.2, 0.25) is 0 Å². The molecule has 0 radical (unpaired) electrons. The van der Waals surface area contributed by atoms with E-state index in [9.17, 15) is 4.39 Å². The second-order valence-corrected chi connectivity index (χ2v) is 5.29. The molecule has 0 amide bonds. The Hall–Kier alpha value is -0.870. The Bertz CT molecular complexity index is 508. The molecule has 0 atom stereocenters. The maximum absolute atomic E-state index is 13.0. The molecule has 1 nitrogen and oxygen atoms in total. The fourth-order valence-electron chi connectivity index (χ4n) is 1.50. The topological polar surface area (TPSA) is 12.0 Å². The third kappa shape index (κ3) is 3.30. The molecule has 0 aliphatic carbocycles. The molecule has 0 spiro atoms. The number of halogens is 3. The van der Waals surface area contributed by atoms with E-state index < -0.39 is 0 Å². The van der Waals surface area contributed by atoms with E-state index in [0.717, 1.165) is 20.2 Å². The summed E-state index contributed by atoms with van der Waals surface area (Å²) in [6, 6.07) is 12.4. The molecule has 17 heavy (non-hydrogen) atoms. The predicted octanol–water partition coefficient (Wildman–Crippen LogP) is 4.96. The van der Waals surface area contributed by atoms with Crippen LogP contribution in [0, 0.1) is 5.82 Å². The van der Waals surface area contributed by atoms with Crippen LogP contribution in [0.1, 0.15) is 5.56 Å². The van der Waals surface area contributed by atoms with Gasteiger partial charge in [-0.1, -0.05) is 18.2 Å². The van der Waals surface area contributed by atoms with Crippen LogP contribution in [-0.2, 0) is 6.54 Å². The second kappa shape index (κ2) is 5.65. The molecule has 0 fully saturated rings. The van der Waals surface area contributed by atoms with Gasteiger partial charge in [0.1, 0.15) is 5.82 Å². The van der Waals surface area contributed by atoms with Gasteiger partial charge in [0.05, 0.1) is 5.69 Å². The molecule has 0 saturated carbocycles. The van der Waals surface area contributed by atoms with Crippen molar-refractivity contribution in [3.8, 4) is 0 Å². The fraction of sp³-hybridized carbons (Fsp3) is 0.0769. The van der Waals surface area contributed by atoms with Gasteiger partial charge >= 0.3 is 0 Å². The lowest BCUT2D eigenvalue weighted by Crippen LogP contribution is -2.01. The molecule has 0 aliphatic rings. The van der Waals surface area contributed by atoms with Crippen molar-refractivity contribution in [3.05, 3.63) is 62.8 Å². The maximum atomic E-state index is 13.0. The highest BCUT2D eigenvalue weighted by atomic mass is 79.9. The Morgan fingerprint density at radius 1 is 1.00 bits per heavy atom. The summed E-state index contributed by atoms with van der Waals surface area (Å²) in [5.74, 6) is -0.213. The van der Waals surface area contributed by atoms with E-state index in [1.165, 1.54) is 12.1 Å². The summed E-state index contributed by atoms with van der Waals surface area (Å²) in [6.07, 6.45) is 0. The predicted molar refractivity (Wildman–Crippen MR) is 75.6 cm³/mol. The van der Waals surface area contributed by atoms with E-state index in [-0.39, 0.29) is 5.82 Å². The van der Waals surface area contributed by atoms with Crippen molar-refractivity contribution < 1.29 is 4.39 Å². The first kappa shape index (κ1) is 12.6. The van der Waals surface area contributed by atoms with Gasteiger partial charge in [-0.3, -0.25) is 0 Å². The molecule has 88 valence electrons. The molecule has 0 bridgehead atoms. The van der Waals surface area contributed by atoms with E-state index in [1.807, 2.05) is 24.3 Å². The van der Waals surface area contributed by atoms with E-state index in [4.69, 9.17) is 0 Å². The number of anilines is 1. The summed E-state index contributed by atoms with van der Waals surface area (Å²) >= 11 is 6.94. The van der Waals surface area contributed by atoms with Gasteiger partial charge in [-0.2, -0.15) is 0 Å². The van der Waals surface area contributed by atoms with Crippen molar-refractivity contribution in [1.29, 1.82) is 0 Å². The summed E-state index contributed by atoms with van der Waals surface area (Å²) in [5, 5.41) is 3.26. The number of nitrogens with one attached hydrogen (secondary N) is 1. The second-order valence-electron chi connectivity index (χ2n) is 3.58. The van der Waals surface area contributed by atoms with E-state index in [0.29, 0.717) is 6.54 Å². The van der Waals surface area contributed by atoms with Crippen molar-refractivity contribution >= 4 is 37.5 Å². The quantitative estimate of drug-likeness (QED) is 0.817. The highest BCUT2D eigenvalue weighted by molar-refractivity contribution is 9.11. The van der Waals surface area contributed by atoms with Crippen LogP contribution in [0.25, 0.3) is 0 Å². The van der Waals surface area contributed by atoms with Crippen LogP contribution in [0.2, 0.25) is 0 Å². The lowest BCUT2D eigenvalue weighted by atomic mass is 10.2. The third-order valence-electron chi connectivity index (χ3n) is 2.32. The van der Waals surface area contributed by atoms with Gasteiger partial charge in [0.15, 0.2) is 0 Å². The lowest BCUT2D eigenvalue weighted by Gasteiger charge is -2.10. The SMILES string of the molecule is Fc1cccc(CNc2c(Br)cccc2Br)c1. The highest BCUT2D eigenvalue weighted by Gasteiger charge is 2.04. The Morgan fingerprint density at radius 3 is 2.29 bits per heavy atom. The number of hydrogen-bond donors (Lipinski definition) is 1. The molecule has 2 aromatic rings. The molecular weight excluding hydrogens is 349 g/mol. The molecule has 2 aromatic carbocycles. The van der Waals surface area contributed by atoms with Crippen LogP contribution in [-0.4, -0.2) is 0 Å². The van der Waals surface area contributed by atoms with E-state index in [1.54, 1.807) is 6.07 Å². The molecular formula is C13H10Br2FN. The Kier molecular flexibility index (Phi) is 4.18. The largest absolute Gasteiger partial charge is 0.379 e. The van der Waals surface area contributed by atoms with Crippen molar-refractivity contribution in [3.63, 3.8) is 0 Å². The average Bonchev–Trinajstić information content (AvgIpc) is 2.28. The zero-order valence-corrected chi connectivity index (χ0v) is 12.1. The van der Waals surface area contributed by atoms with Gasteiger partial charge < -0.3 is 5.32 Å². The summed E-state index contributed by atoms with van der Waals surface area (Å²) < 4.78 is 15.0. The first-order chi connectivity index (χ1) is 8.16. The average molecular weight is 359 g/mol. The molecule has 1 N–H and O–H groups in total. The summed E-state index contributed by atoms with van der Waals surface area (Å²) in [5.41, 5.74) is 1.88. The van der Waals surface area contributed by atoms with Crippen LogP contribution in [0.3, 0.4) is 0 Å². The van der Waals surface area contributed by atoms with Crippen LogP contribution in [0.5, 0.6) is 0 Å². The number of hydrogen-bond acceptors (Lipinski definition) is 1. The molecule has 4 heteroatoms. The third-order valence-corrected chi connectivity index (χ3v) is 3.64. The number of rotatable bonds is 3. The van der Waals surface area contributed by atoms with Crippen molar-refractivity contribution in [1.82, 2.24) is 0 Å². The highest BCUT2D eigenvalue weighted by Crippen LogP contribution is 2.30. The monoisotopic (exact) mass is 357 g/mol. The Balaban J connectivity index is 2.13. The molecule has 0 unspecified atom stereocenters. The fourth-order valence-corrected chi connectivity index (χ4v) is 2.78. The first-order valence-corrected chi connectivity index (χ1v) is 6.68. The zero-order valence-electron chi connectivity index (χ0n) is 8.88. The van der Waals surface area contributed by atoms with Crippen LogP contribution in [0.4, 0.5) is 10.1 Å². The summed E-state index contributed by atoms with van der Waals surface area (Å²) in [7, 11) is 0. The smallest absolute Gasteiger partial charge is 0.123 e. The van der Waals surface area contributed by atoms with Crippen LogP contribution >= 0.6 is 31.9 Å². The van der Waals surface area contributed by atoms with Gasteiger partial charge in [-0.05, 0) is 61.7 Å². The van der Waals surface area contributed by atoms with Crippen molar-refractivity contribution in [2.75, 3.05) is 5.32 Å².